The molecule has 0 fully saturated rings. The van der Waals surface area contributed by atoms with Crippen LogP contribution in [0.2, 0.25) is 0 Å². The monoisotopic (exact) mass is 322 g/mol. The van der Waals surface area contributed by atoms with Crippen LogP contribution in [0.5, 0.6) is 5.75 Å². The minimum absolute atomic E-state index is 0.336. The number of halogens is 1. The molecule has 0 aliphatic rings. The van der Waals surface area contributed by atoms with Crippen LogP contribution in [-0.4, -0.2) is 23.0 Å². The number of anilines is 2. The standard InChI is InChI=1S/C12H11BrN4O2/c1-19-10-6-15-3-2-8(10)12(18)17-11-9(13)4-7(14)5-16-11/h2-6H,14H2,1H3,(H,16,17,18). The Kier molecular flexibility index (Phi) is 3.96. The van der Waals surface area contributed by atoms with Gasteiger partial charge >= 0.3 is 0 Å². The molecule has 2 rings (SSSR count). The second kappa shape index (κ2) is 5.66. The summed E-state index contributed by atoms with van der Waals surface area (Å²) in [5.74, 6) is 0.446. The SMILES string of the molecule is COc1cnccc1C(=O)Nc1ncc(N)cc1Br. The third-order valence-electron chi connectivity index (χ3n) is 2.34. The molecular weight excluding hydrogens is 312 g/mol. The molecule has 0 aliphatic heterocycles. The molecule has 0 aromatic carbocycles. The molecule has 0 spiro atoms. The summed E-state index contributed by atoms with van der Waals surface area (Å²) in [4.78, 5) is 20.0. The molecule has 2 aromatic rings. The molecule has 3 N–H and O–H groups in total. The summed E-state index contributed by atoms with van der Waals surface area (Å²) in [5, 5.41) is 2.67. The second-order valence-corrected chi connectivity index (χ2v) is 4.48. The Morgan fingerprint density at radius 3 is 2.95 bits per heavy atom. The molecular formula is C12H11BrN4O2. The highest BCUT2D eigenvalue weighted by atomic mass is 79.9. The van der Waals surface area contributed by atoms with Gasteiger partial charge in [-0.25, -0.2) is 4.98 Å². The molecule has 98 valence electrons. The number of methoxy groups -OCH3 is 1. The zero-order chi connectivity index (χ0) is 13.8. The van der Waals surface area contributed by atoms with Gasteiger partial charge in [-0.2, -0.15) is 0 Å². The van der Waals surface area contributed by atoms with Crippen molar-refractivity contribution in [3.05, 3.63) is 40.8 Å². The zero-order valence-corrected chi connectivity index (χ0v) is 11.6. The van der Waals surface area contributed by atoms with Crippen molar-refractivity contribution in [3.8, 4) is 5.75 Å². The van der Waals surface area contributed by atoms with Crippen LogP contribution in [0.15, 0.2) is 35.2 Å². The maximum absolute atomic E-state index is 12.1. The lowest BCUT2D eigenvalue weighted by Crippen LogP contribution is -2.14. The van der Waals surface area contributed by atoms with Gasteiger partial charge in [0, 0.05) is 6.20 Å². The predicted molar refractivity (Wildman–Crippen MR) is 75.1 cm³/mol. The van der Waals surface area contributed by atoms with E-state index in [0.717, 1.165) is 0 Å². The Bertz CT molecular complexity index is 618. The fraction of sp³-hybridized carbons (Fsp3) is 0.0833. The number of carbonyl (C=O) groups is 1. The smallest absolute Gasteiger partial charge is 0.260 e. The second-order valence-electron chi connectivity index (χ2n) is 3.63. The normalized spacial score (nSPS) is 10.0. The lowest BCUT2D eigenvalue weighted by atomic mass is 10.2. The van der Waals surface area contributed by atoms with Crippen molar-refractivity contribution >= 4 is 33.3 Å². The molecule has 2 heterocycles. The first-order valence-corrected chi connectivity index (χ1v) is 6.11. The van der Waals surface area contributed by atoms with E-state index in [1.54, 1.807) is 12.1 Å². The van der Waals surface area contributed by atoms with Gasteiger partial charge < -0.3 is 15.8 Å². The van der Waals surface area contributed by atoms with Gasteiger partial charge in [-0.05, 0) is 28.1 Å². The summed E-state index contributed by atoms with van der Waals surface area (Å²) in [6.45, 7) is 0. The minimum Gasteiger partial charge on any atom is -0.494 e. The third kappa shape index (κ3) is 3.00. The van der Waals surface area contributed by atoms with Gasteiger partial charge in [-0.3, -0.25) is 9.78 Å². The van der Waals surface area contributed by atoms with E-state index >= 15 is 0 Å². The number of pyridine rings is 2. The van der Waals surface area contributed by atoms with Crippen molar-refractivity contribution in [3.63, 3.8) is 0 Å². The van der Waals surface area contributed by atoms with Crippen LogP contribution >= 0.6 is 15.9 Å². The van der Waals surface area contributed by atoms with Crippen LogP contribution < -0.4 is 15.8 Å². The Morgan fingerprint density at radius 2 is 2.26 bits per heavy atom. The van der Waals surface area contributed by atoms with Crippen LogP contribution in [0, 0.1) is 0 Å². The highest BCUT2D eigenvalue weighted by molar-refractivity contribution is 9.10. The average molecular weight is 323 g/mol. The molecule has 0 aliphatic carbocycles. The highest BCUT2D eigenvalue weighted by Crippen LogP contribution is 2.23. The van der Waals surface area contributed by atoms with Gasteiger partial charge in [0.1, 0.15) is 11.6 Å². The minimum atomic E-state index is -0.336. The summed E-state index contributed by atoms with van der Waals surface area (Å²) < 4.78 is 5.68. The van der Waals surface area contributed by atoms with Crippen molar-refractivity contribution in [2.24, 2.45) is 0 Å². The van der Waals surface area contributed by atoms with Crippen LogP contribution in [-0.2, 0) is 0 Å². The molecule has 0 unspecified atom stereocenters. The number of hydrogen-bond donors (Lipinski definition) is 2. The number of nitrogen functional groups attached to an aromatic ring is 1. The van der Waals surface area contributed by atoms with Gasteiger partial charge in [0.05, 0.1) is 35.2 Å². The number of hydrogen-bond acceptors (Lipinski definition) is 5. The van der Waals surface area contributed by atoms with Crippen molar-refractivity contribution in [1.82, 2.24) is 9.97 Å². The Hall–Kier alpha value is -2.15. The molecule has 6 nitrogen and oxygen atoms in total. The maximum Gasteiger partial charge on any atom is 0.260 e. The van der Waals surface area contributed by atoms with Crippen LogP contribution in [0.25, 0.3) is 0 Å². The van der Waals surface area contributed by atoms with Crippen LogP contribution in [0.1, 0.15) is 10.4 Å². The van der Waals surface area contributed by atoms with Gasteiger partial charge in [0.15, 0.2) is 0 Å². The summed E-state index contributed by atoms with van der Waals surface area (Å²) in [6, 6.07) is 3.23. The number of carbonyl (C=O) groups excluding carboxylic acids is 1. The number of aromatic nitrogens is 2. The largest absolute Gasteiger partial charge is 0.494 e. The molecule has 0 saturated heterocycles. The first kappa shape index (κ1) is 13.3. The number of nitrogens with one attached hydrogen (secondary N) is 1. The van der Waals surface area contributed by atoms with Crippen molar-refractivity contribution in [2.45, 2.75) is 0 Å². The van der Waals surface area contributed by atoms with E-state index in [0.29, 0.717) is 27.3 Å². The number of nitrogens with zero attached hydrogens (tertiary/aromatic N) is 2. The number of ether oxygens (including phenoxy) is 1. The third-order valence-corrected chi connectivity index (χ3v) is 2.95. The van der Waals surface area contributed by atoms with Crippen LogP contribution in [0.3, 0.4) is 0 Å². The van der Waals surface area contributed by atoms with Gasteiger partial charge in [-0.1, -0.05) is 0 Å². The molecule has 0 saturated carbocycles. The average Bonchev–Trinajstić information content (AvgIpc) is 2.41. The summed E-state index contributed by atoms with van der Waals surface area (Å²) in [5.41, 5.74) is 6.47. The molecule has 0 radical (unpaired) electrons. The lowest BCUT2D eigenvalue weighted by Gasteiger charge is -2.09. The highest BCUT2D eigenvalue weighted by Gasteiger charge is 2.14. The Balaban J connectivity index is 2.26. The van der Waals surface area contributed by atoms with Crippen molar-refractivity contribution < 1.29 is 9.53 Å². The molecule has 0 bridgehead atoms. The molecule has 1 amide bonds. The molecule has 19 heavy (non-hydrogen) atoms. The fourth-order valence-corrected chi connectivity index (χ4v) is 1.92. The summed E-state index contributed by atoms with van der Waals surface area (Å²) in [6.07, 6.45) is 4.45. The number of amides is 1. The quantitative estimate of drug-likeness (QED) is 0.902. The fourth-order valence-electron chi connectivity index (χ4n) is 1.45. The van der Waals surface area contributed by atoms with E-state index in [2.05, 4.69) is 31.2 Å². The van der Waals surface area contributed by atoms with Crippen molar-refractivity contribution in [2.75, 3.05) is 18.2 Å². The molecule has 0 atom stereocenters. The molecule has 2 aromatic heterocycles. The van der Waals surface area contributed by atoms with E-state index in [1.165, 1.54) is 25.7 Å². The topological polar surface area (TPSA) is 90.1 Å². The predicted octanol–water partition coefficient (Wildman–Crippen LogP) is 2.08. The first-order valence-electron chi connectivity index (χ1n) is 5.32. The van der Waals surface area contributed by atoms with Gasteiger partial charge in [-0.15, -0.1) is 0 Å². The van der Waals surface area contributed by atoms with E-state index in [-0.39, 0.29) is 5.91 Å². The molecule has 7 heteroatoms. The Labute approximate surface area is 118 Å². The summed E-state index contributed by atoms with van der Waals surface area (Å²) in [7, 11) is 1.48. The van der Waals surface area contributed by atoms with Crippen LogP contribution in [0.4, 0.5) is 11.5 Å². The first-order chi connectivity index (χ1) is 9.11. The van der Waals surface area contributed by atoms with Crippen molar-refractivity contribution in [1.29, 1.82) is 0 Å². The summed E-state index contributed by atoms with van der Waals surface area (Å²) >= 11 is 3.28. The van der Waals surface area contributed by atoms with E-state index in [4.69, 9.17) is 10.5 Å². The Morgan fingerprint density at radius 1 is 1.47 bits per heavy atom. The zero-order valence-electron chi connectivity index (χ0n) is 10.1. The van der Waals surface area contributed by atoms with Gasteiger partial charge in [0.25, 0.3) is 5.91 Å². The van der Waals surface area contributed by atoms with E-state index in [9.17, 15) is 4.79 Å². The number of nitrogens with two attached hydrogens (primary N) is 1. The maximum atomic E-state index is 12.1. The van der Waals surface area contributed by atoms with Gasteiger partial charge in [0.2, 0.25) is 0 Å². The van der Waals surface area contributed by atoms with E-state index < -0.39 is 0 Å². The lowest BCUT2D eigenvalue weighted by molar-refractivity contribution is 0.102. The van der Waals surface area contributed by atoms with E-state index in [1.807, 2.05) is 0 Å². The number of rotatable bonds is 3.